The topological polar surface area (TPSA) is 313 Å². The summed E-state index contributed by atoms with van der Waals surface area (Å²) in [5.74, 6) is -5.87. The molecule has 0 aliphatic heterocycles. The zero-order valence-corrected chi connectivity index (χ0v) is 26.1. The largest absolute Gasteiger partial charge is 0.505 e. The van der Waals surface area contributed by atoms with E-state index in [1.807, 2.05) is 0 Å². The van der Waals surface area contributed by atoms with E-state index < -0.39 is 111 Å². The molecule has 7 N–H and O–H groups in total. The van der Waals surface area contributed by atoms with Gasteiger partial charge in [0.25, 0.3) is 40.5 Å². The van der Waals surface area contributed by atoms with Crippen LogP contribution in [0.2, 0.25) is 0 Å². The first-order valence-electron chi connectivity index (χ1n) is 11.9. The summed E-state index contributed by atoms with van der Waals surface area (Å²) in [5, 5.41) is 23.6. The molecule has 0 aliphatic rings. The van der Waals surface area contributed by atoms with Crippen molar-refractivity contribution >= 4 is 79.7 Å². The third-order valence-electron chi connectivity index (χ3n) is 6.05. The number of hydrogen-bond donors (Lipinski definition) is 6. The Bertz CT molecular complexity index is 2510. The molecular formula is C23H17F2N5O13S4. The fourth-order valence-electron chi connectivity index (χ4n) is 4.05. The second kappa shape index (κ2) is 11.9. The lowest BCUT2D eigenvalue weighted by Crippen LogP contribution is -2.11. The number of nitrogens with two attached hydrogens (primary N) is 1. The van der Waals surface area contributed by atoms with Crippen LogP contribution in [0.4, 0.5) is 37.2 Å². The molecule has 250 valence electrons. The summed E-state index contributed by atoms with van der Waals surface area (Å²) < 4.78 is 163. The van der Waals surface area contributed by atoms with Crippen molar-refractivity contribution in [3.05, 3.63) is 59.7 Å². The van der Waals surface area contributed by atoms with Crippen LogP contribution in [0.1, 0.15) is 5.56 Å². The Hall–Kier alpha value is -4.56. The van der Waals surface area contributed by atoms with Crippen molar-refractivity contribution in [2.75, 3.05) is 5.73 Å². The summed E-state index contributed by atoms with van der Waals surface area (Å²) in [7, 11) is -22.3. The minimum Gasteiger partial charge on any atom is -0.505 e. The van der Waals surface area contributed by atoms with Crippen LogP contribution in [-0.4, -0.2) is 57.0 Å². The molecule has 4 aromatic carbocycles. The maximum Gasteiger partial charge on any atom is 0.300 e. The van der Waals surface area contributed by atoms with Gasteiger partial charge in [-0.3, -0.25) is 18.2 Å². The Labute approximate surface area is 262 Å². The number of nitrogen functional groups attached to an aromatic ring is 1. The summed E-state index contributed by atoms with van der Waals surface area (Å²) in [5.41, 5.74) is 2.32. The van der Waals surface area contributed by atoms with Crippen molar-refractivity contribution in [2.24, 2.45) is 20.5 Å². The van der Waals surface area contributed by atoms with Crippen molar-refractivity contribution in [1.82, 2.24) is 0 Å². The third kappa shape index (κ3) is 7.08. The molecule has 0 atom stereocenters. The van der Waals surface area contributed by atoms with Crippen LogP contribution >= 0.6 is 0 Å². The van der Waals surface area contributed by atoms with Gasteiger partial charge in [0.2, 0.25) is 0 Å². The second-order valence-electron chi connectivity index (χ2n) is 9.29. The quantitative estimate of drug-likeness (QED) is 0.0822. The van der Waals surface area contributed by atoms with Crippen LogP contribution in [0.15, 0.2) is 82.5 Å². The highest BCUT2D eigenvalue weighted by Crippen LogP contribution is 2.48. The molecule has 0 bridgehead atoms. The van der Waals surface area contributed by atoms with Crippen molar-refractivity contribution in [2.45, 2.75) is 26.5 Å². The average Bonchev–Trinajstić information content (AvgIpc) is 2.89. The van der Waals surface area contributed by atoms with Crippen molar-refractivity contribution < 1.29 is 65.8 Å². The minimum atomic E-state index is -5.83. The van der Waals surface area contributed by atoms with Crippen LogP contribution in [0.3, 0.4) is 0 Å². The highest BCUT2D eigenvalue weighted by atomic mass is 32.2. The number of hydrogen-bond acceptors (Lipinski definition) is 14. The van der Waals surface area contributed by atoms with Gasteiger partial charge in [-0.2, -0.15) is 38.8 Å². The number of phenolic OH excluding ortho intramolecular Hbond substituents is 1. The highest BCUT2D eigenvalue weighted by Gasteiger charge is 2.33. The number of benzene rings is 4. The molecule has 0 saturated carbocycles. The number of fused-ring (bicyclic) bond motifs is 1. The fourth-order valence-corrected chi connectivity index (χ4v) is 6.77. The van der Waals surface area contributed by atoms with Gasteiger partial charge in [0.05, 0.1) is 16.8 Å². The molecule has 0 heterocycles. The number of aryl methyl sites for hydroxylation is 1. The summed E-state index contributed by atoms with van der Waals surface area (Å²) in [6.45, 7) is 1.75. The standard InChI is InChI=1S/C23H17F2N5O13S4/c1-9-2-4-11(5-3-9)27-30-20-15(45(35,36)37)7-10-6-14(44(32,33)34)19(18(26)16(10)21(20)31)29-28-13-8-12(24)22(46(38,39)40)17(25)23(13)47(41,42)43/h2-8,31H,26H2,1H3,(H,32,33,34)(H,35,36,37)(H,38,39,40)(H,41,42,43). The SMILES string of the molecule is Cc1ccc(N=Nc2c(S(=O)(=O)O)cc3cc(S(=O)(=O)O)c(N=Nc4cc(F)c(S(=O)(=O)O)c(F)c4S(=O)(=O)O)c(N)c3c2O)cc1. The van der Waals surface area contributed by atoms with Crippen LogP contribution in [-0.2, 0) is 40.5 Å². The normalized spacial score (nSPS) is 13.3. The van der Waals surface area contributed by atoms with Crippen molar-refractivity contribution in [3.63, 3.8) is 0 Å². The molecule has 24 heteroatoms. The number of anilines is 1. The smallest absolute Gasteiger partial charge is 0.300 e. The Balaban J connectivity index is 2.09. The fraction of sp³-hybridized carbons (Fsp3) is 0.0435. The molecule has 0 fully saturated rings. The van der Waals surface area contributed by atoms with E-state index in [1.54, 1.807) is 19.1 Å². The van der Waals surface area contributed by atoms with Gasteiger partial charge in [-0.25, -0.2) is 8.78 Å². The summed E-state index contributed by atoms with van der Waals surface area (Å²) in [4.78, 5) is -6.71. The number of phenols is 1. The summed E-state index contributed by atoms with van der Waals surface area (Å²) >= 11 is 0. The molecule has 0 aliphatic carbocycles. The van der Waals surface area contributed by atoms with Gasteiger partial charge in [0.1, 0.15) is 32.7 Å². The zero-order chi connectivity index (χ0) is 35.4. The van der Waals surface area contributed by atoms with Crippen LogP contribution in [0, 0.1) is 18.6 Å². The van der Waals surface area contributed by atoms with E-state index in [1.165, 1.54) is 12.1 Å². The highest BCUT2D eigenvalue weighted by molar-refractivity contribution is 7.87. The van der Waals surface area contributed by atoms with E-state index in [4.69, 9.17) is 10.3 Å². The first-order valence-corrected chi connectivity index (χ1v) is 17.6. The predicted molar refractivity (Wildman–Crippen MR) is 155 cm³/mol. The molecule has 0 amide bonds. The van der Waals surface area contributed by atoms with Gasteiger partial charge >= 0.3 is 0 Å². The Kier molecular flexibility index (Phi) is 8.94. The summed E-state index contributed by atoms with van der Waals surface area (Å²) in [6, 6.07) is 7.00. The lowest BCUT2D eigenvalue weighted by molar-refractivity contribution is 0.442. The zero-order valence-electron chi connectivity index (χ0n) is 22.8. The molecule has 0 spiro atoms. The number of nitrogens with zero attached hydrogens (tertiary/aromatic N) is 4. The molecule has 0 aromatic heterocycles. The summed E-state index contributed by atoms with van der Waals surface area (Å²) in [6.07, 6.45) is 0. The maximum atomic E-state index is 14.8. The number of azo groups is 2. The molecule has 4 aromatic rings. The third-order valence-corrected chi connectivity index (χ3v) is 9.58. The van der Waals surface area contributed by atoms with E-state index in [0.717, 1.165) is 5.56 Å². The first-order chi connectivity index (χ1) is 21.4. The van der Waals surface area contributed by atoms with Gasteiger partial charge in [0.15, 0.2) is 21.4 Å². The van der Waals surface area contributed by atoms with Gasteiger partial charge in [-0.1, -0.05) is 17.7 Å². The van der Waals surface area contributed by atoms with Gasteiger partial charge in [0, 0.05) is 6.07 Å². The minimum absolute atomic E-state index is 0.134. The Morgan fingerprint density at radius 2 is 1.15 bits per heavy atom. The first kappa shape index (κ1) is 35.3. The number of aromatic hydroxyl groups is 1. The maximum absolute atomic E-state index is 14.8. The van der Waals surface area contributed by atoms with E-state index >= 15 is 0 Å². The van der Waals surface area contributed by atoms with Gasteiger partial charge in [-0.15, -0.1) is 15.3 Å². The van der Waals surface area contributed by atoms with E-state index in [2.05, 4.69) is 20.5 Å². The molecule has 47 heavy (non-hydrogen) atoms. The van der Waals surface area contributed by atoms with Crippen LogP contribution < -0.4 is 5.73 Å². The van der Waals surface area contributed by atoms with Crippen molar-refractivity contribution in [3.8, 4) is 5.75 Å². The average molecular weight is 738 g/mol. The van der Waals surface area contributed by atoms with Crippen LogP contribution in [0.25, 0.3) is 10.8 Å². The lowest BCUT2D eigenvalue weighted by Gasteiger charge is -2.14. The monoisotopic (exact) mass is 737 g/mol. The van der Waals surface area contributed by atoms with E-state index in [-0.39, 0.29) is 11.8 Å². The second-order valence-corrected chi connectivity index (χ2v) is 14.8. The number of halogens is 2. The number of rotatable bonds is 8. The van der Waals surface area contributed by atoms with Gasteiger partial charge in [-0.05, 0) is 36.6 Å². The Morgan fingerprint density at radius 1 is 0.660 bits per heavy atom. The lowest BCUT2D eigenvalue weighted by atomic mass is 10.1. The molecular weight excluding hydrogens is 721 g/mol. The molecule has 0 unspecified atom stereocenters. The van der Waals surface area contributed by atoms with Crippen molar-refractivity contribution in [1.29, 1.82) is 0 Å². The molecule has 0 radical (unpaired) electrons. The van der Waals surface area contributed by atoms with Crippen LogP contribution in [0.5, 0.6) is 5.75 Å². The Morgan fingerprint density at radius 3 is 1.64 bits per heavy atom. The molecule has 18 nitrogen and oxygen atoms in total. The van der Waals surface area contributed by atoms with Gasteiger partial charge < -0.3 is 10.8 Å². The predicted octanol–water partition coefficient (Wildman–Crippen LogP) is 4.53. The van der Waals surface area contributed by atoms with E-state index in [9.17, 15) is 61.2 Å². The van der Waals surface area contributed by atoms with E-state index in [0.29, 0.717) is 12.1 Å². The molecule has 4 rings (SSSR count). The molecule has 0 saturated heterocycles.